The molecule has 5 nitrogen and oxygen atoms in total. The molecule has 2 amide bonds. The van der Waals surface area contributed by atoms with Gasteiger partial charge in [-0.25, -0.2) is 10.2 Å². The van der Waals surface area contributed by atoms with Gasteiger partial charge < -0.3 is 5.11 Å². The van der Waals surface area contributed by atoms with E-state index in [4.69, 9.17) is 5.11 Å². The van der Waals surface area contributed by atoms with Crippen molar-refractivity contribution in [3.8, 4) is 0 Å². The Hall–Kier alpha value is -1.26. The number of hydrogen-bond donors (Lipinski definition) is 2. The van der Waals surface area contributed by atoms with Gasteiger partial charge in [-0.05, 0) is 6.42 Å². The average molecular weight is 144 g/mol. The molecule has 1 fully saturated rings. The molecule has 0 unspecified atom stereocenters. The summed E-state index contributed by atoms with van der Waals surface area (Å²) in [5.74, 6) is -0.151. The average Bonchev–Trinajstić information content (AvgIpc) is 2.15. The van der Waals surface area contributed by atoms with Gasteiger partial charge in [0.1, 0.15) is 0 Å². The molecular formula is C5H8N2O3. The first-order valence-corrected chi connectivity index (χ1v) is 3.00. The highest BCUT2D eigenvalue weighted by molar-refractivity contribution is 5.80. The number of rotatable bonds is 1. The molecule has 10 heavy (non-hydrogen) atoms. The Balaban J connectivity index is 2.40. The molecule has 0 radical (unpaired) electrons. The number of hydrogen-bond acceptors (Lipinski definition) is 2. The van der Waals surface area contributed by atoms with Crippen molar-refractivity contribution in [2.24, 2.45) is 0 Å². The van der Waals surface area contributed by atoms with E-state index in [1.165, 1.54) is 0 Å². The van der Waals surface area contributed by atoms with E-state index in [2.05, 4.69) is 0 Å². The Kier molecular flexibility index (Phi) is 1.75. The van der Waals surface area contributed by atoms with Gasteiger partial charge in [-0.1, -0.05) is 0 Å². The van der Waals surface area contributed by atoms with Crippen molar-refractivity contribution in [1.29, 1.82) is 0 Å². The van der Waals surface area contributed by atoms with Crippen LogP contribution in [0.25, 0.3) is 0 Å². The number of nitrogens with zero attached hydrogens (tertiary/aromatic N) is 1. The Labute approximate surface area is 57.6 Å². The lowest BCUT2D eigenvalue weighted by atomic mass is 10.4. The van der Waals surface area contributed by atoms with Crippen molar-refractivity contribution >= 4 is 12.0 Å². The van der Waals surface area contributed by atoms with Crippen LogP contribution in [-0.2, 0) is 4.79 Å². The van der Waals surface area contributed by atoms with Gasteiger partial charge in [-0.3, -0.25) is 9.80 Å². The molecule has 1 aliphatic rings. The maximum atomic E-state index is 10.7. The van der Waals surface area contributed by atoms with Crippen molar-refractivity contribution in [3.05, 3.63) is 0 Å². The number of carbonyl (C=O) groups is 2. The molecule has 56 valence electrons. The lowest BCUT2D eigenvalue weighted by Crippen LogP contribution is -2.41. The summed E-state index contributed by atoms with van der Waals surface area (Å²) < 4.78 is 0. The normalized spacial score (nSPS) is 17.6. The summed E-state index contributed by atoms with van der Waals surface area (Å²) in [5, 5.41) is 9.30. The van der Waals surface area contributed by atoms with Crippen LogP contribution in [-0.4, -0.2) is 28.7 Å². The van der Waals surface area contributed by atoms with E-state index in [0.717, 1.165) is 11.4 Å². The minimum atomic E-state index is -1.18. The van der Waals surface area contributed by atoms with Crippen LogP contribution in [0.2, 0.25) is 0 Å². The maximum absolute atomic E-state index is 10.7. The van der Waals surface area contributed by atoms with Gasteiger partial charge in [-0.15, -0.1) is 0 Å². The predicted octanol–water partition coefficient (Wildman–Crippen LogP) is -0.209. The zero-order valence-electron chi connectivity index (χ0n) is 5.33. The van der Waals surface area contributed by atoms with Crippen LogP contribution in [0.15, 0.2) is 0 Å². The van der Waals surface area contributed by atoms with Crippen LogP contribution in [0.5, 0.6) is 0 Å². The van der Waals surface area contributed by atoms with E-state index in [0.29, 0.717) is 13.0 Å². The van der Waals surface area contributed by atoms with Crippen LogP contribution in [0, 0.1) is 0 Å². The van der Waals surface area contributed by atoms with E-state index in [1.807, 2.05) is 5.43 Å². The fourth-order valence-corrected chi connectivity index (χ4v) is 0.882. The summed E-state index contributed by atoms with van der Waals surface area (Å²) in [6.45, 7) is 0.491. The van der Waals surface area contributed by atoms with Crippen molar-refractivity contribution in [2.75, 3.05) is 6.54 Å². The van der Waals surface area contributed by atoms with E-state index >= 15 is 0 Å². The molecule has 1 saturated heterocycles. The first-order valence-electron chi connectivity index (χ1n) is 3.00. The smallest absolute Gasteiger partial charge is 0.423 e. The third-order valence-electron chi connectivity index (χ3n) is 1.30. The summed E-state index contributed by atoms with van der Waals surface area (Å²) in [7, 11) is 0. The topological polar surface area (TPSA) is 69.6 Å². The number of nitrogens with one attached hydrogen (secondary N) is 1. The molecule has 1 aliphatic heterocycles. The predicted molar refractivity (Wildman–Crippen MR) is 32.1 cm³/mol. The van der Waals surface area contributed by atoms with Gasteiger partial charge in [0, 0.05) is 13.0 Å². The largest absolute Gasteiger partial charge is 0.464 e. The van der Waals surface area contributed by atoms with Crippen molar-refractivity contribution in [1.82, 2.24) is 10.4 Å². The Bertz CT molecular complexity index is 168. The number of carboxylic acid groups (broad SMARTS) is 1. The molecule has 0 aliphatic carbocycles. The molecule has 2 N–H and O–H groups in total. The monoisotopic (exact) mass is 144 g/mol. The molecule has 0 aromatic heterocycles. The van der Waals surface area contributed by atoms with Crippen LogP contribution in [0.3, 0.4) is 0 Å². The lowest BCUT2D eigenvalue weighted by Gasteiger charge is -2.12. The summed E-state index contributed by atoms with van der Waals surface area (Å²) in [6.07, 6.45) is -0.00500. The zero-order chi connectivity index (χ0) is 7.56. The Morgan fingerprint density at radius 1 is 1.70 bits per heavy atom. The molecule has 0 bridgehead atoms. The zero-order valence-corrected chi connectivity index (χ0v) is 5.33. The fraction of sp³-hybridized carbons (Fsp3) is 0.600. The first-order chi connectivity index (χ1) is 4.70. The molecule has 0 aromatic carbocycles. The van der Waals surface area contributed by atoms with Gasteiger partial charge in [0.05, 0.1) is 0 Å². The highest BCUT2D eigenvalue weighted by atomic mass is 16.4. The molecule has 0 aromatic rings. The van der Waals surface area contributed by atoms with E-state index < -0.39 is 6.09 Å². The van der Waals surface area contributed by atoms with E-state index in [9.17, 15) is 9.59 Å². The van der Waals surface area contributed by atoms with Gasteiger partial charge in [0.2, 0.25) is 5.91 Å². The Morgan fingerprint density at radius 2 is 2.40 bits per heavy atom. The highest BCUT2D eigenvalue weighted by Crippen LogP contribution is 2.05. The van der Waals surface area contributed by atoms with E-state index in [1.54, 1.807) is 0 Å². The molecule has 5 heteroatoms. The molecule has 0 saturated carbocycles. The van der Waals surface area contributed by atoms with Gasteiger partial charge in [0.25, 0.3) is 0 Å². The maximum Gasteiger partial charge on any atom is 0.423 e. The standard InChI is InChI=1S/C5H8N2O3/c8-4-2-1-3-7(4)6-5(9)10/h6H,1-3H2,(H,9,10). The third kappa shape index (κ3) is 1.37. The second-order valence-corrected chi connectivity index (χ2v) is 2.07. The minimum Gasteiger partial charge on any atom is -0.464 e. The van der Waals surface area contributed by atoms with Crippen LogP contribution in [0.4, 0.5) is 4.79 Å². The molecule has 1 rings (SSSR count). The SMILES string of the molecule is O=C(O)NN1CCCC1=O. The quantitative estimate of drug-likeness (QED) is 0.535. The first kappa shape index (κ1) is 6.85. The van der Waals surface area contributed by atoms with Crippen molar-refractivity contribution in [3.63, 3.8) is 0 Å². The third-order valence-corrected chi connectivity index (χ3v) is 1.30. The van der Waals surface area contributed by atoms with E-state index in [-0.39, 0.29) is 5.91 Å². The van der Waals surface area contributed by atoms with Crippen molar-refractivity contribution in [2.45, 2.75) is 12.8 Å². The van der Waals surface area contributed by atoms with Crippen molar-refractivity contribution < 1.29 is 14.7 Å². The molecular weight excluding hydrogens is 136 g/mol. The van der Waals surface area contributed by atoms with Gasteiger partial charge in [-0.2, -0.15) is 0 Å². The number of amides is 2. The summed E-state index contributed by atoms with van der Waals surface area (Å²) in [6, 6.07) is 0. The van der Waals surface area contributed by atoms with Crippen LogP contribution in [0.1, 0.15) is 12.8 Å². The van der Waals surface area contributed by atoms with Gasteiger partial charge in [0.15, 0.2) is 0 Å². The summed E-state index contributed by atoms with van der Waals surface area (Å²) in [5.41, 5.74) is 1.99. The molecule has 0 spiro atoms. The second kappa shape index (κ2) is 2.55. The highest BCUT2D eigenvalue weighted by Gasteiger charge is 2.21. The molecule has 1 heterocycles. The molecule has 0 atom stereocenters. The minimum absolute atomic E-state index is 0.151. The number of carbonyl (C=O) groups excluding carboxylic acids is 1. The van der Waals surface area contributed by atoms with Crippen LogP contribution < -0.4 is 5.43 Å². The van der Waals surface area contributed by atoms with Crippen LogP contribution >= 0.6 is 0 Å². The van der Waals surface area contributed by atoms with Gasteiger partial charge >= 0.3 is 6.09 Å². The second-order valence-electron chi connectivity index (χ2n) is 2.07. The summed E-state index contributed by atoms with van der Waals surface area (Å²) in [4.78, 5) is 20.7. The lowest BCUT2D eigenvalue weighted by molar-refractivity contribution is -0.129. The fourth-order valence-electron chi connectivity index (χ4n) is 0.882. The number of hydrazine groups is 1. The summed E-state index contributed by atoms with van der Waals surface area (Å²) >= 11 is 0. The Morgan fingerprint density at radius 3 is 2.80 bits per heavy atom.